The van der Waals surface area contributed by atoms with Gasteiger partial charge >= 0.3 is 6.03 Å². The molecule has 1 aliphatic carbocycles. The van der Waals surface area contributed by atoms with E-state index in [1.165, 1.54) is 0 Å². The summed E-state index contributed by atoms with van der Waals surface area (Å²) in [7, 11) is 0. The number of hydrogen-bond acceptors (Lipinski definition) is 2. The Kier molecular flexibility index (Phi) is 2.68. The van der Waals surface area contributed by atoms with Gasteiger partial charge in [-0.3, -0.25) is 0 Å². The highest BCUT2D eigenvalue weighted by Gasteiger charge is 2.23. The summed E-state index contributed by atoms with van der Waals surface area (Å²) >= 11 is 0. The van der Waals surface area contributed by atoms with Crippen molar-refractivity contribution in [3.63, 3.8) is 0 Å². The number of nitrogens with one attached hydrogen (secondary N) is 2. The molecule has 1 saturated carbocycles. The van der Waals surface area contributed by atoms with E-state index in [1.807, 2.05) is 0 Å². The Bertz CT molecular complexity index is 186. The maximum absolute atomic E-state index is 11.2. The highest BCUT2D eigenvalue weighted by atomic mass is 16.5. The van der Waals surface area contributed by atoms with E-state index in [2.05, 4.69) is 10.6 Å². The third-order valence-electron chi connectivity index (χ3n) is 2.49. The van der Waals surface area contributed by atoms with Gasteiger partial charge in [-0.1, -0.05) is 0 Å². The molecule has 74 valence electrons. The van der Waals surface area contributed by atoms with Crippen molar-refractivity contribution in [1.29, 1.82) is 0 Å². The molecule has 1 unspecified atom stereocenters. The molecule has 0 aromatic rings. The lowest BCUT2D eigenvalue weighted by Gasteiger charge is -2.09. The van der Waals surface area contributed by atoms with Crippen molar-refractivity contribution in [3.8, 4) is 0 Å². The molecule has 2 amide bonds. The van der Waals surface area contributed by atoms with Crippen molar-refractivity contribution < 1.29 is 9.53 Å². The minimum Gasteiger partial charge on any atom is -0.381 e. The zero-order chi connectivity index (χ0) is 9.10. The summed E-state index contributed by atoms with van der Waals surface area (Å²) in [5.41, 5.74) is 0. The summed E-state index contributed by atoms with van der Waals surface area (Å²) in [5, 5.41) is 5.75. The van der Waals surface area contributed by atoms with Crippen LogP contribution in [0.15, 0.2) is 0 Å². The molecule has 1 atom stereocenters. The summed E-state index contributed by atoms with van der Waals surface area (Å²) in [6.07, 6.45) is 3.35. The molecule has 13 heavy (non-hydrogen) atoms. The van der Waals surface area contributed by atoms with E-state index in [1.54, 1.807) is 0 Å². The Balaban J connectivity index is 1.57. The highest BCUT2D eigenvalue weighted by molar-refractivity contribution is 5.74. The van der Waals surface area contributed by atoms with Crippen LogP contribution in [0.3, 0.4) is 0 Å². The average molecular weight is 184 g/mol. The molecule has 0 spiro atoms. The Morgan fingerprint density at radius 1 is 1.38 bits per heavy atom. The first-order valence-electron chi connectivity index (χ1n) is 4.96. The first kappa shape index (κ1) is 8.81. The minimum atomic E-state index is -0.0191. The van der Waals surface area contributed by atoms with Gasteiger partial charge in [0.1, 0.15) is 0 Å². The largest absolute Gasteiger partial charge is 0.381 e. The van der Waals surface area contributed by atoms with E-state index < -0.39 is 0 Å². The van der Waals surface area contributed by atoms with Gasteiger partial charge in [-0.25, -0.2) is 4.79 Å². The van der Waals surface area contributed by atoms with Crippen molar-refractivity contribution in [3.05, 3.63) is 0 Å². The molecule has 1 heterocycles. The summed E-state index contributed by atoms with van der Waals surface area (Å²) in [6.45, 7) is 2.39. The zero-order valence-electron chi connectivity index (χ0n) is 7.71. The molecule has 2 aliphatic rings. The van der Waals surface area contributed by atoms with E-state index in [4.69, 9.17) is 4.74 Å². The van der Waals surface area contributed by atoms with Gasteiger partial charge in [0, 0.05) is 25.1 Å². The van der Waals surface area contributed by atoms with Crippen LogP contribution in [0.5, 0.6) is 0 Å². The van der Waals surface area contributed by atoms with Gasteiger partial charge in [0.2, 0.25) is 0 Å². The Hall–Kier alpha value is -0.770. The van der Waals surface area contributed by atoms with Crippen LogP contribution in [-0.2, 0) is 4.74 Å². The van der Waals surface area contributed by atoms with Crippen LogP contribution < -0.4 is 10.6 Å². The second kappa shape index (κ2) is 3.96. The molecule has 4 nitrogen and oxygen atoms in total. The van der Waals surface area contributed by atoms with Crippen LogP contribution in [0, 0.1) is 5.92 Å². The van der Waals surface area contributed by atoms with Crippen LogP contribution in [0.1, 0.15) is 19.3 Å². The van der Waals surface area contributed by atoms with Crippen molar-refractivity contribution in [2.45, 2.75) is 25.3 Å². The topological polar surface area (TPSA) is 50.4 Å². The number of rotatable bonds is 3. The third kappa shape index (κ3) is 2.88. The van der Waals surface area contributed by atoms with Gasteiger partial charge in [-0.05, 0) is 19.3 Å². The number of urea groups is 1. The predicted molar refractivity (Wildman–Crippen MR) is 48.5 cm³/mol. The SMILES string of the molecule is O=C(NCC1CCOC1)NC1CC1. The Morgan fingerprint density at radius 2 is 2.23 bits per heavy atom. The molecular weight excluding hydrogens is 168 g/mol. The number of hydrogen-bond donors (Lipinski definition) is 2. The number of carbonyl (C=O) groups is 1. The number of carbonyl (C=O) groups excluding carboxylic acids is 1. The second-order valence-electron chi connectivity index (χ2n) is 3.86. The molecule has 4 heteroatoms. The van der Waals surface area contributed by atoms with E-state index in [9.17, 15) is 4.79 Å². The lowest BCUT2D eigenvalue weighted by Crippen LogP contribution is -2.39. The number of amides is 2. The smallest absolute Gasteiger partial charge is 0.315 e. The maximum atomic E-state index is 11.2. The lowest BCUT2D eigenvalue weighted by molar-refractivity contribution is 0.185. The molecule has 0 aromatic heterocycles. The normalized spacial score (nSPS) is 27.2. The fraction of sp³-hybridized carbons (Fsp3) is 0.889. The van der Waals surface area contributed by atoms with Crippen LogP contribution in [0.25, 0.3) is 0 Å². The van der Waals surface area contributed by atoms with E-state index >= 15 is 0 Å². The van der Waals surface area contributed by atoms with Crippen molar-refractivity contribution in [2.24, 2.45) is 5.92 Å². The monoisotopic (exact) mass is 184 g/mol. The van der Waals surface area contributed by atoms with Crippen molar-refractivity contribution in [2.75, 3.05) is 19.8 Å². The Labute approximate surface area is 78.0 Å². The van der Waals surface area contributed by atoms with Gasteiger partial charge in [-0.15, -0.1) is 0 Å². The number of ether oxygens (including phenoxy) is 1. The van der Waals surface area contributed by atoms with Gasteiger partial charge in [0.15, 0.2) is 0 Å². The maximum Gasteiger partial charge on any atom is 0.315 e. The van der Waals surface area contributed by atoms with Crippen molar-refractivity contribution >= 4 is 6.03 Å². The van der Waals surface area contributed by atoms with E-state index in [-0.39, 0.29) is 6.03 Å². The molecule has 2 rings (SSSR count). The molecule has 1 aliphatic heterocycles. The highest BCUT2D eigenvalue weighted by Crippen LogP contribution is 2.18. The van der Waals surface area contributed by atoms with E-state index in [0.717, 1.165) is 39.0 Å². The van der Waals surface area contributed by atoms with Gasteiger partial charge in [0.25, 0.3) is 0 Å². The average Bonchev–Trinajstić information content (AvgIpc) is 2.78. The molecule has 2 N–H and O–H groups in total. The first-order valence-corrected chi connectivity index (χ1v) is 4.96. The van der Waals surface area contributed by atoms with E-state index in [0.29, 0.717) is 12.0 Å². The summed E-state index contributed by atoms with van der Waals surface area (Å²) < 4.78 is 5.21. The molecule has 0 bridgehead atoms. The fourth-order valence-electron chi connectivity index (χ4n) is 1.45. The summed E-state index contributed by atoms with van der Waals surface area (Å²) in [4.78, 5) is 11.2. The standard InChI is InChI=1S/C9H16N2O2/c12-9(11-8-1-2-8)10-5-7-3-4-13-6-7/h7-8H,1-6H2,(H2,10,11,12). The minimum absolute atomic E-state index is 0.0191. The molecule has 2 fully saturated rings. The lowest BCUT2D eigenvalue weighted by atomic mass is 10.1. The van der Waals surface area contributed by atoms with Crippen LogP contribution in [0.4, 0.5) is 4.79 Å². The molecule has 1 saturated heterocycles. The fourth-order valence-corrected chi connectivity index (χ4v) is 1.45. The predicted octanol–water partition coefficient (Wildman–Crippen LogP) is 0.484. The first-order chi connectivity index (χ1) is 6.34. The molecule has 0 aromatic carbocycles. The summed E-state index contributed by atoms with van der Waals surface area (Å²) in [6, 6.07) is 0.425. The second-order valence-corrected chi connectivity index (χ2v) is 3.86. The van der Waals surface area contributed by atoms with Crippen LogP contribution in [-0.4, -0.2) is 31.8 Å². The Morgan fingerprint density at radius 3 is 2.85 bits per heavy atom. The van der Waals surface area contributed by atoms with Crippen LogP contribution >= 0.6 is 0 Å². The van der Waals surface area contributed by atoms with Gasteiger partial charge < -0.3 is 15.4 Å². The quantitative estimate of drug-likeness (QED) is 0.670. The van der Waals surface area contributed by atoms with Crippen molar-refractivity contribution in [1.82, 2.24) is 10.6 Å². The van der Waals surface area contributed by atoms with Gasteiger partial charge in [0.05, 0.1) is 6.61 Å². The van der Waals surface area contributed by atoms with Gasteiger partial charge in [-0.2, -0.15) is 0 Å². The zero-order valence-corrected chi connectivity index (χ0v) is 7.71. The third-order valence-corrected chi connectivity index (χ3v) is 2.49. The van der Waals surface area contributed by atoms with Crippen LogP contribution in [0.2, 0.25) is 0 Å². The summed E-state index contributed by atoms with van der Waals surface area (Å²) in [5.74, 6) is 0.518. The molecule has 0 radical (unpaired) electrons. The molecular formula is C9H16N2O2.